The fourth-order valence-electron chi connectivity index (χ4n) is 1.24. The van der Waals surface area contributed by atoms with E-state index in [0.29, 0.717) is 5.02 Å². The van der Waals surface area contributed by atoms with Crippen molar-refractivity contribution >= 4 is 45.8 Å². The highest BCUT2D eigenvalue weighted by molar-refractivity contribution is 14.1. The van der Waals surface area contributed by atoms with Crippen molar-refractivity contribution in [2.45, 2.75) is 26.3 Å². The number of halogens is 2. The first-order valence-corrected chi connectivity index (χ1v) is 6.97. The molecule has 5 heteroatoms. The summed E-state index contributed by atoms with van der Waals surface area (Å²) in [6.45, 7) is 4.26. The minimum Gasteiger partial charge on any atom is -0.375 e. The lowest BCUT2D eigenvalue weighted by atomic mass is 10.2. The first-order chi connectivity index (χ1) is 8.02. The maximum atomic E-state index is 11.5. The van der Waals surface area contributed by atoms with E-state index in [1.165, 1.54) is 0 Å². The Kier molecular flexibility index (Phi) is 6.05. The average molecular weight is 367 g/mol. The van der Waals surface area contributed by atoms with Gasteiger partial charge in [-0.3, -0.25) is 4.79 Å². The third-order valence-corrected chi connectivity index (χ3v) is 3.37. The Morgan fingerprint density at radius 2 is 2.24 bits per heavy atom. The maximum absolute atomic E-state index is 11.5. The van der Waals surface area contributed by atoms with E-state index >= 15 is 0 Å². The maximum Gasteiger partial charge on any atom is 0.239 e. The molecule has 0 bridgehead atoms. The van der Waals surface area contributed by atoms with E-state index in [0.717, 1.165) is 15.7 Å². The van der Waals surface area contributed by atoms with Gasteiger partial charge >= 0.3 is 0 Å². The Balaban J connectivity index is 2.47. The van der Waals surface area contributed by atoms with Crippen LogP contribution >= 0.6 is 34.2 Å². The number of carbonyl (C=O) groups is 1. The molecule has 0 heterocycles. The number of hydrogen-bond acceptors (Lipinski definition) is 2. The first kappa shape index (κ1) is 14.6. The van der Waals surface area contributed by atoms with Gasteiger partial charge in [-0.15, -0.1) is 0 Å². The van der Waals surface area contributed by atoms with E-state index in [2.05, 4.69) is 33.2 Å². The van der Waals surface area contributed by atoms with Crippen LogP contribution in [0.1, 0.15) is 20.3 Å². The zero-order chi connectivity index (χ0) is 12.8. The molecular weight excluding hydrogens is 351 g/mol. The second-order valence-electron chi connectivity index (χ2n) is 3.85. The van der Waals surface area contributed by atoms with Gasteiger partial charge in [0.2, 0.25) is 5.91 Å². The van der Waals surface area contributed by atoms with Crippen LogP contribution in [0.25, 0.3) is 0 Å². The van der Waals surface area contributed by atoms with Gasteiger partial charge in [-0.2, -0.15) is 0 Å². The van der Waals surface area contributed by atoms with Gasteiger partial charge in [0.15, 0.2) is 0 Å². The van der Waals surface area contributed by atoms with Crippen molar-refractivity contribution in [3.05, 3.63) is 26.8 Å². The zero-order valence-electron chi connectivity index (χ0n) is 9.89. The normalized spacial score (nSPS) is 12.0. The van der Waals surface area contributed by atoms with E-state index in [1.54, 1.807) is 0 Å². The van der Waals surface area contributed by atoms with Crippen LogP contribution in [-0.2, 0) is 4.79 Å². The molecule has 0 aliphatic heterocycles. The number of rotatable bonds is 5. The fraction of sp³-hybridized carbons (Fsp3) is 0.417. The number of anilines is 1. The summed E-state index contributed by atoms with van der Waals surface area (Å²) in [5.74, 6) is -0.0195. The summed E-state index contributed by atoms with van der Waals surface area (Å²) in [6.07, 6.45) is 0.927. The Morgan fingerprint density at radius 3 is 2.82 bits per heavy atom. The zero-order valence-corrected chi connectivity index (χ0v) is 12.8. The smallest absolute Gasteiger partial charge is 0.239 e. The van der Waals surface area contributed by atoms with E-state index < -0.39 is 0 Å². The van der Waals surface area contributed by atoms with Crippen molar-refractivity contribution in [2.24, 2.45) is 0 Å². The average Bonchev–Trinajstić information content (AvgIpc) is 2.27. The lowest BCUT2D eigenvalue weighted by Gasteiger charge is -2.13. The quantitative estimate of drug-likeness (QED) is 0.785. The lowest BCUT2D eigenvalue weighted by molar-refractivity contribution is -0.120. The summed E-state index contributed by atoms with van der Waals surface area (Å²) >= 11 is 8.24. The molecule has 1 unspecified atom stereocenters. The molecule has 94 valence electrons. The largest absolute Gasteiger partial charge is 0.375 e. The van der Waals surface area contributed by atoms with Crippen LogP contribution in [0.5, 0.6) is 0 Å². The summed E-state index contributed by atoms with van der Waals surface area (Å²) in [5.41, 5.74) is 0.784. The molecule has 0 aliphatic carbocycles. The molecule has 2 N–H and O–H groups in total. The predicted molar refractivity (Wildman–Crippen MR) is 80.6 cm³/mol. The first-order valence-electron chi connectivity index (χ1n) is 5.51. The summed E-state index contributed by atoms with van der Waals surface area (Å²) in [6, 6.07) is 5.88. The molecule has 17 heavy (non-hydrogen) atoms. The van der Waals surface area contributed by atoms with Crippen molar-refractivity contribution in [3.63, 3.8) is 0 Å². The Bertz CT molecular complexity index is 398. The highest BCUT2D eigenvalue weighted by Crippen LogP contribution is 2.23. The molecule has 0 saturated carbocycles. The van der Waals surface area contributed by atoms with E-state index in [4.69, 9.17) is 11.6 Å². The molecule has 0 saturated heterocycles. The molecule has 0 radical (unpaired) electrons. The van der Waals surface area contributed by atoms with Crippen molar-refractivity contribution in [1.82, 2.24) is 5.32 Å². The van der Waals surface area contributed by atoms with E-state index in [1.807, 2.05) is 32.0 Å². The van der Waals surface area contributed by atoms with Crippen LogP contribution < -0.4 is 10.6 Å². The van der Waals surface area contributed by atoms with Crippen LogP contribution in [0.2, 0.25) is 5.02 Å². The van der Waals surface area contributed by atoms with Gasteiger partial charge in [0.1, 0.15) is 0 Å². The van der Waals surface area contributed by atoms with Gasteiger partial charge in [-0.1, -0.05) is 18.5 Å². The van der Waals surface area contributed by atoms with Crippen LogP contribution in [0.15, 0.2) is 18.2 Å². The van der Waals surface area contributed by atoms with Gasteiger partial charge in [0, 0.05) is 9.61 Å². The Morgan fingerprint density at radius 1 is 1.53 bits per heavy atom. The predicted octanol–water partition coefficient (Wildman–Crippen LogP) is 3.27. The second kappa shape index (κ2) is 7.06. The molecule has 0 aliphatic rings. The summed E-state index contributed by atoms with van der Waals surface area (Å²) in [4.78, 5) is 11.5. The summed E-state index contributed by atoms with van der Waals surface area (Å²) < 4.78 is 1.07. The van der Waals surface area contributed by atoms with Crippen LogP contribution in [0, 0.1) is 3.57 Å². The number of carbonyl (C=O) groups excluding carboxylic acids is 1. The summed E-state index contributed by atoms with van der Waals surface area (Å²) in [7, 11) is 0. The minimum absolute atomic E-state index is 0.0195. The van der Waals surface area contributed by atoms with Crippen molar-refractivity contribution < 1.29 is 4.79 Å². The Labute approximate surface area is 120 Å². The molecule has 0 aromatic heterocycles. The monoisotopic (exact) mass is 366 g/mol. The van der Waals surface area contributed by atoms with Crippen molar-refractivity contribution in [1.29, 1.82) is 0 Å². The molecular formula is C12H16ClIN2O. The van der Waals surface area contributed by atoms with E-state index in [9.17, 15) is 4.79 Å². The number of nitrogens with one attached hydrogen (secondary N) is 2. The molecule has 0 fully saturated rings. The van der Waals surface area contributed by atoms with Crippen molar-refractivity contribution in [2.75, 3.05) is 11.9 Å². The van der Waals surface area contributed by atoms with Crippen LogP contribution in [-0.4, -0.2) is 18.5 Å². The standard InChI is InChI=1S/C12H16ClIN2O/c1-3-8(2)16-12(17)7-15-11-5-4-9(14)6-10(11)13/h4-6,8,15H,3,7H2,1-2H3,(H,16,17). The van der Waals surface area contributed by atoms with E-state index in [-0.39, 0.29) is 18.5 Å². The minimum atomic E-state index is -0.0195. The molecule has 1 aromatic rings. The molecule has 1 rings (SSSR count). The van der Waals surface area contributed by atoms with Gasteiger partial charge in [-0.25, -0.2) is 0 Å². The number of amides is 1. The van der Waals surface area contributed by atoms with Crippen molar-refractivity contribution in [3.8, 4) is 0 Å². The highest BCUT2D eigenvalue weighted by atomic mass is 127. The fourth-order valence-corrected chi connectivity index (χ4v) is 2.16. The van der Waals surface area contributed by atoms with Gasteiger partial charge in [-0.05, 0) is 54.1 Å². The molecule has 3 nitrogen and oxygen atoms in total. The molecule has 0 spiro atoms. The Hall–Kier alpha value is -0.490. The van der Waals surface area contributed by atoms with Gasteiger partial charge in [0.25, 0.3) is 0 Å². The number of hydrogen-bond donors (Lipinski definition) is 2. The topological polar surface area (TPSA) is 41.1 Å². The molecule has 1 atom stereocenters. The third-order valence-electron chi connectivity index (χ3n) is 2.39. The molecule has 1 amide bonds. The summed E-state index contributed by atoms with van der Waals surface area (Å²) in [5, 5.41) is 6.54. The van der Waals surface area contributed by atoms with Gasteiger partial charge in [0.05, 0.1) is 17.3 Å². The second-order valence-corrected chi connectivity index (χ2v) is 5.51. The van der Waals surface area contributed by atoms with Crippen LogP contribution in [0.3, 0.4) is 0 Å². The number of benzene rings is 1. The SMILES string of the molecule is CCC(C)NC(=O)CNc1ccc(I)cc1Cl. The molecule has 1 aromatic carbocycles. The van der Waals surface area contributed by atoms with Crippen LogP contribution in [0.4, 0.5) is 5.69 Å². The lowest BCUT2D eigenvalue weighted by Crippen LogP contribution is -2.36. The van der Waals surface area contributed by atoms with Gasteiger partial charge < -0.3 is 10.6 Å². The highest BCUT2D eigenvalue weighted by Gasteiger charge is 2.06. The third kappa shape index (κ3) is 5.12.